The molecule has 0 aliphatic carbocycles. The van der Waals surface area contributed by atoms with Gasteiger partial charge in [0, 0.05) is 43.7 Å². The van der Waals surface area contributed by atoms with Crippen molar-refractivity contribution in [2.45, 2.75) is 19.8 Å². The van der Waals surface area contributed by atoms with Gasteiger partial charge in [-0.25, -0.2) is 4.98 Å². The van der Waals surface area contributed by atoms with Crippen LogP contribution in [0.3, 0.4) is 0 Å². The van der Waals surface area contributed by atoms with Crippen molar-refractivity contribution in [3.05, 3.63) is 35.3 Å². The summed E-state index contributed by atoms with van der Waals surface area (Å²) >= 11 is 1.46. The number of nitrogens with one attached hydrogen (secondary N) is 1. The van der Waals surface area contributed by atoms with Crippen LogP contribution in [0.15, 0.2) is 29.6 Å². The molecule has 1 aromatic heterocycles. The second-order valence-electron chi connectivity index (χ2n) is 7.04. The number of carbonyl (C=O) groups excluding carboxylic acids is 2. The van der Waals surface area contributed by atoms with E-state index in [1.165, 1.54) is 11.3 Å². The molecular weight excluding hydrogens is 388 g/mol. The Labute approximate surface area is 175 Å². The van der Waals surface area contributed by atoms with Gasteiger partial charge in [0.15, 0.2) is 0 Å². The molecule has 3 rings (SSSR count). The van der Waals surface area contributed by atoms with Gasteiger partial charge in [-0.3, -0.25) is 14.5 Å². The summed E-state index contributed by atoms with van der Waals surface area (Å²) in [5, 5.41) is 5.57. The standard InChI is InChI=1S/C21H28N4O3S/c1-3-4-9-22-19(26)14-24-10-12-25(13-11-24)21(27)18-15-29-20(23-18)16-5-7-17(28-2)8-6-16/h5-8,15H,3-4,9-14H2,1-2H3,(H,22,26). The number of rotatable bonds is 8. The van der Waals surface area contributed by atoms with Gasteiger partial charge in [0.1, 0.15) is 16.5 Å². The Morgan fingerprint density at radius 2 is 1.90 bits per heavy atom. The monoisotopic (exact) mass is 416 g/mol. The maximum atomic E-state index is 12.8. The first-order chi connectivity index (χ1) is 14.1. The molecular formula is C21H28N4O3S. The third-order valence-electron chi connectivity index (χ3n) is 4.94. The molecule has 1 N–H and O–H groups in total. The molecule has 1 fully saturated rings. The summed E-state index contributed by atoms with van der Waals surface area (Å²) in [6, 6.07) is 7.65. The molecule has 29 heavy (non-hydrogen) atoms. The van der Waals surface area contributed by atoms with E-state index in [0.29, 0.717) is 38.4 Å². The zero-order valence-electron chi connectivity index (χ0n) is 17.0. The fourth-order valence-corrected chi connectivity index (χ4v) is 3.97. The molecule has 2 amide bonds. The zero-order chi connectivity index (χ0) is 20.6. The topological polar surface area (TPSA) is 74.8 Å². The maximum Gasteiger partial charge on any atom is 0.273 e. The van der Waals surface area contributed by atoms with Gasteiger partial charge < -0.3 is 15.0 Å². The minimum Gasteiger partial charge on any atom is -0.497 e. The highest BCUT2D eigenvalue weighted by Gasteiger charge is 2.24. The van der Waals surface area contributed by atoms with E-state index in [0.717, 1.165) is 35.7 Å². The number of benzene rings is 1. The van der Waals surface area contributed by atoms with Crippen LogP contribution in [-0.4, -0.2) is 73.0 Å². The van der Waals surface area contributed by atoms with Crippen LogP contribution in [0, 0.1) is 0 Å². The number of methoxy groups -OCH3 is 1. The van der Waals surface area contributed by atoms with Crippen LogP contribution >= 0.6 is 11.3 Å². The largest absolute Gasteiger partial charge is 0.497 e. The van der Waals surface area contributed by atoms with E-state index in [2.05, 4.69) is 22.1 Å². The second-order valence-corrected chi connectivity index (χ2v) is 7.90. The quantitative estimate of drug-likeness (QED) is 0.669. The highest BCUT2D eigenvalue weighted by atomic mass is 32.1. The average molecular weight is 417 g/mol. The van der Waals surface area contributed by atoms with Crippen molar-refractivity contribution < 1.29 is 14.3 Å². The third-order valence-corrected chi connectivity index (χ3v) is 5.83. The second kappa shape index (κ2) is 10.4. The number of thiazole rings is 1. The lowest BCUT2D eigenvalue weighted by atomic mass is 10.2. The first kappa shape index (κ1) is 21.3. The highest BCUT2D eigenvalue weighted by Crippen LogP contribution is 2.26. The summed E-state index contributed by atoms with van der Waals surface area (Å²) in [6.07, 6.45) is 2.07. The molecule has 0 unspecified atom stereocenters. The van der Waals surface area contributed by atoms with Crippen molar-refractivity contribution >= 4 is 23.2 Å². The first-order valence-electron chi connectivity index (χ1n) is 9.99. The van der Waals surface area contributed by atoms with Gasteiger partial charge in [-0.15, -0.1) is 11.3 Å². The van der Waals surface area contributed by atoms with E-state index in [9.17, 15) is 9.59 Å². The fraction of sp³-hybridized carbons (Fsp3) is 0.476. The molecule has 0 bridgehead atoms. The molecule has 2 aromatic rings. The predicted molar refractivity (Wildman–Crippen MR) is 114 cm³/mol. The number of nitrogens with zero attached hydrogens (tertiary/aromatic N) is 3. The Morgan fingerprint density at radius 3 is 2.55 bits per heavy atom. The number of hydrogen-bond acceptors (Lipinski definition) is 6. The van der Waals surface area contributed by atoms with Gasteiger partial charge in [-0.1, -0.05) is 13.3 Å². The number of carbonyl (C=O) groups is 2. The number of hydrogen-bond donors (Lipinski definition) is 1. The normalized spacial score (nSPS) is 14.6. The van der Waals surface area contributed by atoms with Crippen LogP contribution in [-0.2, 0) is 4.79 Å². The molecule has 0 atom stereocenters. The Kier molecular flexibility index (Phi) is 7.60. The van der Waals surface area contributed by atoms with Crippen molar-refractivity contribution in [2.75, 3.05) is 46.4 Å². The van der Waals surface area contributed by atoms with Crippen LogP contribution < -0.4 is 10.1 Å². The molecule has 0 saturated carbocycles. The molecule has 0 radical (unpaired) electrons. The highest BCUT2D eigenvalue weighted by molar-refractivity contribution is 7.13. The van der Waals surface area contributed by atoms with Crippen LogP contribution in [0.5, 0.6) is 5.75 Å². The molecule has 0 spiro atoms. The molecule has 156 valence electrons. The van der Waals surface area contributed by atoms with E-state index < -0.39 is 0 Å². The van der Waals surface area contributed by atoms with Crippen LogP contribution in [0.4, 0.5) is 0 Å². The van der Waals surface area contributed by atoms with E-state index in [1.54, 1.807) is 7.11 Å². The molecule has 1 aliphatic heterocycles. The minimum atomic E-state index is -0.0481. The van der Waals surface area contributed by atoms with Gasteiger partial charge in [-0.05, 0) is 30.7 Å². The van der Waals surface area contributed by atoms with Crippen LogP contribution in [0.2, 0.25) is 0 Å². The van der Waals surface area contributed by atoms with Crippen molar-refractivity contribution in [1.82, 2.24) is 20.1 Å². The summed E-state index contributed by atoms with van der Waals surface area (Å²) in [6.45, 7) is 5.83. The SMILES string of the molecule is CCCCNC(=O)CN1CCN(C(=O)c2csc(-c3ccc(OC)cc3)n2)CC1. The Hall–Kier alpha value is -2.45. The van der Waals surface area contributed by atoms with Gasteiger partial charge in [0.05, 0.1) is 13.7 Å². The summed E-state index contributed by atoms with van der Waals surface area (Å²) in [5.74, 6) is 0.799. The summed E-state index contributed by atoms with van der Waals surface area (Å²) < 4.78 is 5.18. The van der Waals surface area contributed by atoms with E-state index >= 15 is 0 Å². The fourth-order valence-electron chi connectivity index (χ4n) is 3.17. The Morgan fingerprint density at radius 1 is 1.17 bits per heavy atom. The van der Waals surface area contributed by atoms with Crippen LogP contribution in [0.25, 0.3) is 10.6 Å². The number of aromatic nitrogens is 1. The van der Waals surface area contributed by atoms with Crippen LogP contribution in [0.1, 0.15) is 30.3 Å². The van der Waals surface area contributed by atoms with E-state index in [1.807, 2.05) is 34.5 Å². The van der Waals surface area contributed by atoms with Crippen molar-refractivity contribution in [3.63, 3.8) is 0 Å². The number of piperazine rings is 1. The predicted octanol–water partition coefficient (Wildman–Crippen LogP) is 2.49. The lowest BCUT2D eigenvalue weighted by Crippen LogP contribution is -2.51. The maximum absolute atomic E-state index is 12.8. The Balaban J connectivity index is 1.50. The number of amides is 2. The summed E-state index contributed by atoms with van der Waals surface area (Å²) in [4.78, 5) is 33.2. The zero-order valence-corrected chi connectivity index (χ0v) is 17.8. The molecule has 8 heteroatoms. The smallest absolute Gasteiger partial charge is 0.273 e. The van der Waals surface area contributed by atoms with Crippen molar-refractivity contribution in [3.8, 4) is 16.3 Å². The molecule has 7 nitrogen and oxygen atoms in total. The lowest BCUT2D eigenvalue weighted by Gasteiger charge is -2.33. The van der Waals surface area contributed by atoms with Gasteiger partial charge in [0.2, 0.25) is 5.91 Å². The van der Waals surface area contributed by atoms with Crippen molar-refractivity contribution in [2.24, 2.45) is 0 Å². The minimum absolute atomic E-state index is 0.0481. The summed E-state index contributed by atoms with van der Waals surface area (Å²) in [7, 11) is 1.63. The third kappa shape index (κ3) is 5.77. The molecule has 2 heterocycles. The van der Waals surface area contributed by atoms with Gasteiger partial charge in [0.25, 0.3) is 5.91 Å². The first-order valence-corrected chi connectivity index (χ1v) is 10.9. The Bertz CT molecular complexity index is 814. The van der Waals surface area contributed by atoms with E-state index in [-0.39, 0.29) is 11.8 Å². The average Bonchev–Trinajstić information content (AvgIpc) is 3.24. The summed E-state index contributed by atoms with van der Waals surface area (Å²) in [5.41, 5.74) is 1.44. The molecule has 1 aliphatic rings. The number of unbranched alkanes of at least 4 members (excludes halogenated alkanes) is 1. The van der Waals surface area contributed by atoms with Gasteiger partial charge in [-0.2, -0.15) is 0 Å². The lowest BCUT2D eigenvalue weighted by molar-refractivity contribution is -0.122. The van der Waals surface area contributed by atoms with Crippen molar-refractivity contribution in [1.29, 1.82) is 0 Å². The number of ether oxygens (including phenoxy) is 1. The van der Waals surface area contributed by atoms with E-state index in [4.69, 9.17) is 4.74 Å². The molecule has 1 aromatic carbocycles. The molecule has 1 saturated heterocycles. The van der Waals surface area contributed by atoms with Gasteiger partial charge >= 0.3 is 0 Å².